The third-order valence-electron chi connectivity index (χ3n) is 4.51. The first-order valence-corrected chi connectivity index (χ1v) is 9.84. The van der Waals surface area contributed by atoms with Crippen LogP contribution in [-0.4, -0.2) is 32.6 Å². The van der Waals surface area contributed by atoms with Gasteiger partial charge in [0, 0.05) is 18.8 Å². The van der Waals surface area contributed by atoms with Crippen LogP contribution in [0.5, 0.6) is 23.0 Å². The average Bonchev–Trinajstić information content (AvgIpc) is 2.82. The second-order valence-corrected chi connectivity index (χ2v) is 6.80. The molecule has 0 aliphatic heterocycles. The SMILES string of the molecule is COc1cc(/C=C/C(=O)N(C)c2ccc(Oc3ccccc3)cc2)ccc1OCC(N)=O. The zero-order valence-corrected chi connectivity index (χ0v) is 17.9. The van der Waals surface area contributed by atoms with Crippen LogP contribution in [0.1, 0.15) is 5.56 Å². The van der Waals surface area contributed by atoms with Gasteiger partial charge in [-0.1, -0.05) is 24.3 Å². The summed E-state index contributed by atoms with van der Waals surface area (Å²) in [6.07, 6.45) is 3.14. The number of hydrogen-bond acceptors (Lipinski definition) is 5. The number of hydrogen-bond donors (Lipinski definition) is 1. The Hall–Kier alpha value is -4.26. The topological polar surface area (TPSA) is 91.1 Å². The minimum atomic E-state index is -0.579. The summed E-state index contributed by atoms with van der Waals surface area (Å²) in [5, 5.41) is 0. The number of carbonyl (C=O) groups excluding carboxylic acids is 2. The van der Waals surface area contributed by atoms with Gasteiger partial charge in [0.25, 0.3) is 11.8 Å². The fourth-order valence-electron chi connectivity index (χ4n) is 2.82. The average molecular weight is 432 g/mol. The number of ether oxygens (including phenoxy) is 3. The molecule has 2 N–H and O–H groups in total. The van der Waals surface area contributed by atoms with Crippen molar-refractivity contribution in [1.82, 2.24) is 0 Å². The maximum absolute atomic E-state index is 12.6. The molecule has 0 aliphatic carbocycles. The second kappa shape index (κ2) is 10.7. The largest absolute Gasteiger partial charge is 0.493 e. The Morgan fingerprint density at radius 1 is 0.938 bits per heavy atom. The number of carbonyl (C=O) groups is 2. The lowest BCUT2D eigenvalue weighted by atomic mass is 10.2. The van der Waals surface area contributed by atoms with Crippen molar-refractivity contribution in [2.24, 2.45) is 5.73 Å². The number of primary amides is 1. The molecule has 3 aromatic rings. The van der Waals surface area contributed by atoms with Gasteiger partial charge in [-0.3, -0.25) is 9.59 Å². The fourth-order valence-corrected chi connectivity index (χ4v) is 2.82. The molecule has 0 spiro atoms. The summed E-state index contributed by atoms with van der Waals surface area (Å²) < 4.78 is 16.4. The first-order chi connectivity index (χ1) is 15.5. The van der Waals surface area contributed by atoms with Crippen LogP contribution in [0.3, 0.4) is 0 Å². The van der Waals surface area contributed by atoms with Crippen LogP contribution >= 0.6 is 0 Å². The number of nitrogens with zero attached hydrogens (tertiary/aromatic N) is 1. The van der Waals surface area contributed by atoms with Crippen LogP contribution in [0.4, 0.5) is 5.69 Å². The molecular weight excluding hydrogens is 408 g/mol. The molecule has 2 amide bonds. The van der Waals surface area contributed by atoms with Crippen molar-refractivity contribution < 1.29 is 23.8 Å². The van der Waals surface area contributed by atoms with Crippen molar-refractivity contribution in [1.29, 1.82) is 0 Å². The van der Waals surface area contributed by atoms with Gasteiger partial charge in [0.15, 0.2) is 18.1 Å². The molecule has 7 heteroatoms. The minimum Gasteiger partial charge on any atom is -0.493 e. The van der Waals surface area contributed by atoms with E-state index in [-0.39, 0.29) is 12.5 Å². The summed E-state index contributed by atoms with van der Waals surface area (Å²) in [6.45, 7) is -0.246. The molecule has 0 atom stereocenters. The number of nitrogens with two attached hydrogens (primary N) is 1. The molecule has 0 saturated carbocycles. The Bertz CT molecular complexity index is 1100. The van der Waals surface area contributed by atoms with E-state index in [2.05, 4.69) is 0 Å². The molecule has 0 radical (unpaired) electrons. The van der Waals surface area contributed by atoms with E-state index in [0.29, 0.717) is 17.2 Å². The van der Waals surface area contributed by atoms with Crippen molar-refractivity contribution in [3.63, 3.8) is 0 Å². The molecule has 0 unspecified atom stereocenters. The second-order valence-electron chi connectivity index (χ2n) is 6.80. The third-order valence-corrected chi connectivity index (χ3v) is 4.51. The predicted octanol–water partition coefficient (Wildman–Crippen LogP) is 4.03. The highest BCUT2D eigenvalue weighted by Gasteiger charge is 2.10. The highest BCUT2D eigenvalue weighted by molar-refractivity contribution is 6.03. The van der Waals surface area contributed by atoms with E-state index in [1.165, 1.54) is 18.1 Å². The standard InChI is InChI=1S/C25H24N2O5/c1-27(19-10-12-21(13-11-19)32-20-6-4-3-5-7-20)25(29)15-9-18-8-14-22(23(16-18)30-2)31-17-24(26)28/h3-16H,17H2,1-2H3,(H2,26,28)/b15-9+. The van der Waals surface area contributed by atoms with E-state index >= 15 is 0 Å². The molecule has 0 aromatic heterocycles. The Morgan fingerprint density at radius 2 is 1.62 bits per heavy atom. The van der Waals surface area contributed by atoms with Gasteiger partial charge in [0.05, 0.1) is 7.11 Å². The summed E-state index contributed by atoms with van der Waals surface area (Å²) in [4.78, 5) is 25.0. The van der Waals surface area contributed by atoms with E-state index in [0.717, 1.165) is 17.0 Å². The Kier molecular flexibility index (Phi) is 7.48. The lowest BCUT2D eigenvalue weighted by molar-refractivity contribution is -0.120. The van der Waals surface area contributed by atoms with Crippen molar-refractivity contribution in [2.45, 2.75) is 0 Å². The Balaban J connectivity index is 1.64. The van der Waals surface area contributed by atoms with Crippen LogP contribution in [0.25, 0.3) is 6.08 Å². The highest BCUT2D eigenvalue weighted by Crippen LogP contribution is 2.29. The monoisotopic (exact) mass is 432 g/mol. The van der Waals surface area contributed by atoms with Gasteiger partial charge in [-0.15, -0.1) is 0 Å². The molecule has 3 rings (SSSR count). The molecule has 0 aliphatic rings. The van der Waals surface area contributed by atoms with Gasteiger partial charge in [0.1, 0.15) is 11.5 Å². The summed E-state index contributed by atoms with van der Waals surface area (Å²) in [5.41, 5.74) is 6.56. The normalized spacial score (nSPS) is 10.6. The Morgan fingerprint density at radius 3 is 2.28 bits per heavy atom. The van der Waals surface area contributed by atoms with Crippen molar-refractivity contribution in [3.8, 4) is 23.0 Å². The van der Waals surface area contributed by atoms with Crippen LogP contribution in [0.2, 0.25) is 0 Å². The van der Waals surface area contributed by atoms with E-state index < -0.39 is 5.91 Å². The maximum atomic E-state index is 12.6. The molecule has 0 heterocycles. The number of anilines is 1. The van der Waals surface area contributed by atoms with E-state index in [9.17, 15) is 9.59 Å². The maximum Gasteiger partial charge on any atom is 0.255 e. The van der Waals surface area contributed by atoms with Crippen LogP contribution in [-0.2, 0) is 9.59 Å². The molecule has 7 nitrogen and oxygen atoms in total. The van der Waals surface area contributed by atoms with Crippen LogP contribution in [0.15, 0.2) is 78.9 Å². The van der Waals surface area contributed by atoms with Gasteiger partial charge in [-0.2, -0.15) is 0 Å². The molecule has 32 heavy (non-hydrogen) atoms. The fraction of sp³-hybridized carbons (Fsp3) is 0.120. The van der Waals surface area contributed by atoms with Gasteiger partial charge >= 0.3 is 0 Å². The number of methoxy groups -OCH3 is 1. The zero-order valence-electron chi connectivity index (χ0n) is 17.9. The quantitative estimate of drug-likeness (QED) is 0.516. The summed E-state index contributed by atoms with van der Waals surface area (Å²) in [5.74, 6) is 1.48. The van der Waals surface area contributed by atoms with E-state index in [1.807, 2.05) is 54.6 Å². The van der Waals surface area contributed by atoms with Crippen molar-refractivity contribution in [3.05, 3.63) is 84.4 Å². The molecule has 3 aromatic carbocycles. The van der Waals surface area contributed by atoms with Crippen molar-refractivity contribution >= 4 is 23.6 Å². The van der Waals surface area contributed by atoms with Gasteiger partial charge in [-0.25, -0.2) is 0 Å². The predicted molar refractivity (Wildman–Crippen MR) is 123 cm³/mol. The molecule has 0 bridgehead atoms. The summed E-state index contributed by atoms with van der Waals surface area (Å²) in [7, 11) is 3.19. The minimum absolute atomic E-state index is 0.199. The number of rotatable bonds is 9. The number of para-hydroxylation sites is 1. The first kappa shape index (κ1) is 22.4. The first-order valence-electron chi connectivity index (χ1n) is 9.84. The molecule has 0 saturated heterocycles. The van der Waals surface area contributed by atoms with E-state index in [4.69, 9.17) is 19.9 Å². The lowest BCUT2D eigenvalue weighted by Crippen LogP contribution is -2.23. The smallest absolute Gasteiger partial charge is 0.255 e. The van der Waals surface area contributed by atoms with Gasteiger partial charge in [0.2, 0.25) is 0 Å². The Labute approximate surface area is 186 Å². The van der Waals surface area contributed by atoms with Crippen LogP contribution in [0, 0.1) is 0 Å². The van der Waals surface area contributed by atoms with Crippen molar-refractivity contribution in [2.75, 3.05) is 25.7 Å². The van der Waals surface area contributed by atoms with Crippen LogP contribution < -0.4 is 24.8 Å². The summed E-state index contributed by atoms with van der Waals surface area (Å²) in [6, 6.07) is 21.8. The van der Waals surface area contributed by atoms with Gasteiger partial charge < -0.3 is 24.8 Å². The molecule has 0 fully saturated rings. The summed E-state index contributed by atoms with van der Waals surface area (Å²) >= 11 is 0. The third kappa shape index (κ3) is 6.12. The lowest BCUT2D eigenvalue weighted by Gasteiger charge is -2.16. The molecular formula is C25H24N2O5. The zero-order chi connectivity index (χ0) is 22.9. The van der Waals surface area contributed by atoms with E-state index in [1.54, 1.807) is 31.3 Å². The van der Waals surface area contributed by atoms with Gasteiger partial charge in [-0.05, 0) is 60.2 Å². The number of amides is 2. The molecule has 164 valence electrons. The number of benzene rings is 3. The highest BCUT2D eigenvalue weighted by atomic mass is 16.5. The number of likely N-dealkylation sites (N-methyl/N-ethyl adjacent to an activating group) is 1.